The van der Waals surface area contributed by atoms with Crippen molar-refractivity contribution in [3.63, 3.8) is 0 Å². The van der Waals surface area contributed by atoms with Crippen molar-refractivity contribution >= 4 is 17.3 Å². The molecule has 22 heavy (non-hydrogen) atoms. The highest BCUT2D eigenvalue weighted by Crippen LogP contribution is 2.26. The number of para-hydroxylation sites is 2. The van der Waals surface area contributed by atoms with Crippen LogP contribution in [0.5, 0.6) is 5.75 Å². The maximum Gasteiger partial charge on any atom is 0.253 e. The second-order valence-corrected chi connectivity index (χ2v) is 4.54. The predicted octanol–water partition coefficient (Wildman–Crippen LogP) is 2.21. The number of nitrogens with one attached hydrogen (secondary N) is 2. The SMILES string of the molecule is COCCNC(=O)c1cncc(Nc2ccccc2OC)c1. The van der Waals surface area contributed by atoms with Gasteiger partial charge >= 0.3 is 0 Å². The molecule has 0 saturated carbocycles. The lowest BCUT2D eigenvalue weighted by atomic mass is 10.2. The first-order valence-electron chi connectivity index (χ1n) is 6.87. The number of carbonyl (C=O) groups excluding carboxylic acids is 1. The summed E-state index contributed by atoms with van der Waals surface area (Å²) in [6.07, 6.45) is 3.17. The van der Waals surface area contributed by atoms with Gasteiger partial charge < -0.3 is 20.1 Å². The van der Waals surface area contributed by atoms with Crippen LogP contribution in [0.25, 0.3) is 0 Å². The molecule has 116 valence electrons. The summed E-state index contributed by atoms with van der Waals surface area (Å²) in [5, 5.41) is 5.95. The number of aromatic nitrogens is 1. The van der Waals surface area contributed by atoms with Crippen molar-refractivity contribution in [2.24, 2.45) is 0 Å². The Bertz CT molecular complexity index is 632. The second-order valence-electron chi connectivity index (χ2n) is 4.54. The third-order valence-corrected chi connectivity index (χ3v) is 2.98. The topological polar surface area (TPSA) is 72.5 Å². The van der Waals surface area contributed by atoms with Gasteiger partial charge in [0.15, 0.2) is 0 Å². The average molecular weight is 301 g/mol. The van der Waals surface area contributed by atoms with Gasteiger partial charge in [-0.1, -0.05) is 12.1 Å². The molecule has 0 unspecified atom stereocenters. The molecule has 0 aliphatic rings. The molecule has 2 rings (SSSR count). The van der Waals surface area contributed by atoms with Crippen LogP contribution >= 0.6 is 0 Å². The zero-order valence-electron chi connectivity index (χ0n) is 12.6. The monoisotopic (exact) mass is 301 g/mol. The summed E-state index contributed by atoms with van der Waals surface area (Å²) >= 11 is 0. The summed E-state index contributed by atoms with van der Waals surface area (Å²) in [4.78, 5) is 16.1. The molecule has 1 aromatic carbocycles. The molecule has 0 saturated heterocycles. The van der Waals surface area contributed by atoms with E-state index >= 15 is 0 Å². The Labute approximate surface area is 129 Å². The number of methoxy groups -OCH3 is 2. The second kappa shape index (κ2) is 7.99. The van der Waals surface area contributed by atoms with E-state index in [1.807, 2.05) is 24.3 Å². The van der Waals surface area contributed by atoms with E-state index in [2.05, 4.69) is 15.6 Å². The largest absolute Gasteiger partial charge is 0.495 e. The van der Waals surface area contributed by atoms with Crippen molar-refractivity contribution < 1.29 is 14.3 Å². The summed E-state index contributed by atoms with van der Waals surface area (Å²) in [5.74, 6) is 0.533. The van der Waals surface area contributed by atoms with E-state index < -0.39 is 0 Å². The molecular formula is C16H19N3O3. The molecule has 6 heteroatoms. The van der Waals surface area contributed by atoms with Gasteiger partial charge in [-0.15, -0.1) is 0 Å². The van der Waals surface area contributed by atoms with Crippen molar-refractivity contribution in [3.05, 3.63) is 48.3 Å². The van der Waals surface area contributed by atoms with E-state index in [4.69, 9.17) is 9.47 Å². The molecule has 0 aliphatic carbocycles. The number of benzene rings is 1. The highest BCUT2D eigenvalue weighted by Gasteiger charge is 2.08. The zero-order chi connectivity index (χ0) is 15.8. The lowest BCUT2D eigenvalue weighted by molar-refractivity contribution is 0.0937. The standard InChI is InChI=1S/C16H19N3O3/c1-21-8-7-18-16(20)12-9-13(11-17-10-12)19-14-5-3-4-6-15(14)22-2/h3-6,9-11,19H,7-8H2,1-2H3,(H,18,20). The van der Waals surface area contributed by atoms with Crippen molar-refractivity contribution in [2.75, 3.05) is 32.7 Å². The summed E-state index contributed by atoms with van der Waals surface area (Å²) < 4.78 is 10.2. The lowest BCUT2D eigenvalue weighted by Crippen LogP contribution is -2.27. The molecule has 2 aromatic rings. The van der Waals surface area contributed by atoms with Gasteiger partial charge in [0.1, 0.15) is 5.75 Å². The molecule has 6 nitrogen and oxygen atoms in total. The van der Waals surface area contributed by atoms with E-state index in [1.54, 1.807) is 26.5 Å². The third-order valence-electron chi connectivity index (χ3n) is 2.98. The summed E-state index contributed by atoms with van der Waals surface area (Å²) in [5.41, 5.74) is 2.00. The normalized spacial score (nSPS) is 10.1. The number of amides is 1. The van der Waals surface area contributed by atoms with Crippen molar-refractivity contribution in [1.29, 1.82) is 0 Å². The van der Waals surface area contributed by atoms with E-state index in [0.29, 0.717) is 24.4 Å². The molecule has 0 bridgehead atoms. The maximum absolute atomic E-state index is 12.0. The van der Waals surface area contributed by atoms with Gasteiger partial charge in [0.05, 0.1) is 36.9 Å². The fraction of sp³-hybridized carbons (Fsp3) is 0.250. The van der Waals surface area contributed by atoms with Gasteiger partial charge in [-0.25, -0.2) is 0 Å². The van der Waals surface area contributed by atoms with Crippen molar-refractivity contribution in [1.82, 2.24) is 10.3 Å². The Morgan fingerprint density at radius 3 is 2.82 bits per heavy atom. The summed E-state index contributed by atoms with van der Waals surface area (Å²) in [7, 11) is 3.20. The molecule has 1 heterocycles. The number of rotatable bonds is 7. The van der Waals surface area contributed by atoms with E-state index in [0.717, 1.165) is 11.4 Å². The number of ether oxygens (including phenoxy) is 2. The smallest absolute Gasteiger partial charge is 0.253 e. The van der Waals surface area contributed by atoms with Crippen LogP contribution in [0.2, 0.25) is 0 Å². The minimum atomic E-state index is -0.187. The minimum Gasteiger partial charge on any atom is -0.495 e. The van der Waals surface area contributed by atoms with Crippen LogP contribution in [0.1, 0.15) is 10.4 Å². The van der Waals surface area contributed by atoms with Crippen LogP contribution in [0, 0.1) is 0 Å². The molecule has 0 fully saturated rings. The van der Waals surface area contributed by atoms with Crippen LogP contribution in [0.4, 0.5) is 11.4 Å². The van der Waals surface area contributed by atoms with E-state index in [-0.39, 0.29) is 5.91 Å². The van der Waals surface area contributed by atoms with Gasteiger partial charge in [-0.3, -0.25) is 9.78 Å². The first-order valence-corrected chi connectivity index (χ1v) is 6.87. The molecule has 0 spiro atoms. The van der Waals surface area contributed by atoms with Gasteiger partial charge in [0.2, 0.25) is 0 Å². The van der Waals surface area contributed by atoms with E-state index in [9.17, 15) is 4.79 Å². The molecule has 0 atom stereocenters. The molecule has 1 amide bonds. The van der Waals surface area contributed by atoms with Crippen LogP contribution < -0.4 is 15.4 Å². The Morgan fingerprint density at radius 2 is 2.05 bits per heavy atom. The van der Waals surface area contributed by atoms with Crippen molar-refractivity contribution in [3.8, 4) is 5.75 Å². The molecule has 0 radical (unpaired) electrons. The fourth-order valence-electron chi connectivity index (χ4n) is 1.90. The predicted molar refractivity (Wildman–Crippen MR) is 84.7 cm³/mol. The minimum absolute atomic E-state index is 0.187. The molecule has 2 N–H and O–H groups in total. The number of pyridine rings is 1. The van der Waals surface area contributed by atoms with Crippen molar-refractivity contribution in [2.45, 2.75) is 0 Å². The van der Waals surface area contributed by atoms with Gasteiger partial charge in [-0.05, 0) is 18.2 Å². The fourth-order valence-corrected chi connectivity index (χ4v) is 1.90. The Balaban J connectivity index is 2.09. The number of hydrogen-bond donors (Lipinski definition) is 2. The Hall–Kier alpha value is -2.60. The number of nitrogens with zero attached hydrogens (tertiary/aromatic N) is 1. The van der Waals surface area contributed by atoms with Gasteiger partial charge in [0.25, 0.3) is 5.91 Å². The van der Waals surface area contributed by atoms with Gasteiger partial charge in [-0.2, -0.15) is 0 Å². The number of hydrogen-bond acceptors (Lipinski definition) is 5. The third kappa shape index (κ3) is 4.20. The first kappa shape index (κ1) is 15.8. The Kier molecular flexibility index (Phi) is 5.73. The van der Waals surface area contributed by atoms with Crippen LogP contribution in [0.15, 0.2) is 42.7 Å². The highest BCUT2D eigenvalue weighted by atomic mass is 16.5. The van der Waals surface area contributed by atoms with E-state index in [1.165, 1.54) is 6.20 Å². The summed E-state index contributed by atoms with van der Waals surface area (Å²) in [6, 6.07) is 9.28. The van der Waals surface area contributed by atoms with Crippen LogP contribution in [0.3, 0.4) is 0 Å². The maximum atomic E-state index is 12.0. The molecule has 0 aliphatic heterocycles. The average Bonchev–Trinajstić information content (AvgIpc) is 2.56. The zero-order valence-corrected chi connectivity index (χ0v) is 12.6. The highest BCUT2D eigenvalue weighted by molar-refractivity contribution is 5.94. The number of carbonyl (C=O) groups is 1. The van der Waals surface area contributed by atoms with Gasteiger partial charge in [0, 0.05) is 19.9 Å². The number of anilines is 2. The first-order chi connectivity index (χ1) is 10.7. The Morgan fingerprint density at radius 1 is 1.23 bits per heavy atom. The lowest BCUT2D eigenvalue weighted by Gasteiger charge is -2.11. The van der Waals surface area contributed by atoms with Crippen LogP contribution in [-0.2, 0) is 4.74 Å². The van der Waals surface area contributed by atoms with Crippen LogP contribution in [-0.4, -0.2) is 38.3 Å². The quantitative estimate of drug-likeness (QED) is 0.767. The molecule has 1 aromatic heterocycles. The molecular weight excluding hydrogens is 282 g/mol. The summed E-state index contributed by atoms with van der Waals surface area (Å²) in [6.45, 7) is 0.928.